The predicted octanol–water partition coefficient (Wildman–Crippen LogP) is 2.00. The quantitative estimate of drug-likeness (QED) is 0.765. The molecule has 1 fully saturated rings. The Hall–Kier alpha value is -3.20. The number of rotatable bonds is 3. The summed E-state index contributed by atoms with van der Waals surface area (Å²) in [5.41, 5.74) is 0.787. The molecule has 2 aromatic carbocycles. The van der Waals surface area contributed by atoms with Crippen LogP contribution in [0.25, 0.3) is 0 Å². The molecule has 8 nitrogen and oxygen atoms in total. The lowest BCUT2D eigenvalue weighted by Gasteiger charge is -2.37. The van der Waals surface area contributed by atoms with Crippen LogP contribution in [0.3, 0.4) is 0 Å². The number of fused-ring (bicyclic) bond motifs is 2. The minimum atomic E-state index is -0.686. The van der Waals surface area contributed by atoms with Gasteiger partial charge in [0.25, 0.3) is 5.91 Å². The number of amides is 3. The molecule has 0 saturated carbocycles. The average molecular weight is 454 g/mol. The van der Waals surface area contributed by atoms with Gasteiger partial charge >= 0.3 is 0 Å². The van der Waals surface area contributed by atoms with Crippen LogP contribution in [0.5, 0.6) is 11.5 Å². The summed E-state index contributed by atoms with van der Waals surface area (Å²) >= 11 is 1.42. The van der Waals surface area contributed by atoms with Crippen molar-refractivity contribution in [2.75, 3.05) is 38.1 Å². The molecule has 1 N–H and O–H groups in total. The van der Waals surface area contributed by atoms with Gasteiger partial charge in [-0.1, -0.05) is 24.3 Å². The molecule has 0 unspecified atom stereocenters. The Kier molecular flexibility index (Phi) is 5.65. The molecule has 3 heterocycles. The molecule has 32 heavy (non-hydrogen) atoms. The van der Waals surface area contributed by atoms with Crippen LogP contribution < -0.4 is 14.8 Å². The van der Waals surface area contributed by atoms with Crippen LogP contribution >= 0.6 is 11.8 Å². The lowest BCUT2D eigenvalue weighted by molar-refractivity contribution is -0.146. The van der Waals surface area contributed by atoms with Gasteiger partial charge < -0.3 is 24.6 Å². The number of anilines is 1. The number of nitrogens with one attached hydrogen (secondary N) is 1. The smallest absolute Gasteiger partial charge is 0.267 e. The maximum Gasteiger partial charge on any atom is 0.267 e. The predicted molar refractivity (Wildman–Crippen MR) is 119 cm³/mol. The van der Waals surface area contributed by atoms with Crippen LogP contribution in [0.4, 0.5) is 5.69 Å². The fourth-order valence-electron chi connectivity index (χ4n) is 4.04. The zero-order valence-corrected chi connectivity index (χ0v) is 18.2. The van der Waals surface area contributed by atoms with Crippen molar-refractivity contribution in [3.63, 3.8) is 0 Å². The third-order valence-electron chi connectivity index (χ3n) is 5.79. The SMILES string of the molecule is O=C1Nc2ccccc2S[C@H]1CC(=O)N1CCN(C(=O)[C@H]2COc3ccccc3O2)CC1. The zero-order valence-electron chi connectivity index (χ0n) is 17.4. The van der Waals surface area contributed by atoms with E-state index in [0.717, 1.165) is 10.6 Å². The van der Waals surface area contributed by atoms with E-state index in [2.05, 4.69) is 5.32 Å². The summed E-state index contributed by atoms with van der Waals surface area (Å²) in [4.78, 5) is 42.5. The molecule has 0 bridgehead atoms. The van der Waals surface area contributed by atoms with E-state index in [0.29, 0.717) is 37.7 Å². The van der Waals surface area contributed by atoms with E-state index in [1.807, 2.05) is 42.5 Å². The number of hydrogen-bond donors (Lipinski definition) is 1. The highest BCUT2D eigenvalue weighted by Crippen LogP contribution is 2.37. The highest BCUT2D eigenvalue weighted by atomic mass is 32.2. The Morgan fingerprint density at radius 2 is 1.66 bits per heavy atom. The van der Waals surface area contributed by atoms with Crippen molar-refractivity contribution in [1.82, 2.24) is 9.80 Å². The van der Waals surface area contributed by atoms with Gasteiger partial charge in [-0.25, -0.2) is 0 Å². The molecule has 1 saturated heterocycles. The Labute approximate surface area is 189 Å². The number of nitrogens with zero attached hydrogens (tertiary/aromatic N) is 2. The summed E-state index contributed by atoms with van der Waals surface area (Å²) < 4.78 is 11.5. The number of ether oxygens (including phenoxy) is 2. The van der Waals surface area contributed by atoms with Crippen LogP contribution in [0, 0.1) is 0 Å². The molecule has 0 aliphatic carbocycles. The average Bonchev–Trinajstić information content (AvgIpc) is 2.84. The number of carbonyl (C=O) groups excluding carboxylic acids is 3. The maximum absolute atomic E-state index is 12.9. The second-order valence-electron chi connectivity index (χ2n) is 7.87. The number of carbonyl (C=O) groups is 3. The van der Waals surface area contributed by atoms with Crippen LogP contribution in [-0.2, 0) is 14.4 Å². The van der Waals surface area contributed by atoms with Gasteiger partial charge in [-0.05, 0) is 24.3 Å². The summed E-state index contributed by atoms with van der Waals surface area (Å²) in [5, 5.41) is 2.42. The van der Waals surface area contributed by atoms with Crippen molar-refractivity contribution in [3.05, 3.63) is 48.5 Å². The third kappa shape index (κ3) is 4.12. The van der Waals surface area contributed by atoms with E-state index >= 15 is 0 Å². The van der Waals surface area contributed by atoms with E-state index in [4.69, 9.17) is 9.47 Å². The first-order valence-corrected chi connectivity index (χ1v) is 11.5. The molecule has 0 spiro atoms. The van der Waals surface area contributed by atoms with Gasteiger partial charge in [-0.3, -0.25) is 14.4 Å². The monoisotopic (exact) mass is 453 g/mol. The van der Waals surface area contributed by atoms with Gasteiger partial charge in [0, 0.05) is 37.5 Å². The molecule has 3 aliphatic heterocycles. The molecule has 2 atom stereocenters. The fraction of sp³-hybridized carbons (Fsp3) is 0.348. The second-order valence-corrected chi connectivity index (χ2v) is 9.11. The van der Waals surface area contributed by atoms with Crippen molar-refractivity contribution in [2.24, 2.45) is 0 Å². The first kappa shape index (κ1) is 20.7. The number of piperazine rings is 1. The first-order chi connectivity index (χ1) is 15.6. The first-order valence-electron chi connectivity index (χ1n) is 10.6. The molecule has 0 aromatic heterocycles. The molecular formula is C23H23N3O5S. The molecule has 3 aliphatic rings. The van der Waals surface area contributed by atoms with Gasteiger partial charge in [0.15, 0.2) is 11.5 Å². The van der Waals surface area contributed by atoms with E-state index in [1.165, 1.54) is 11.8 Å². The molecule has 3 amide bonds. The summed E-state index contributed by atoms with van der Waals surface area (Å²) in [6.07, 6.45) is -0.552. The summed E-state index contributed by atoms with van der Waals surface area (Å²) in [6, 6.07) is 14.9. The van der Waals surface area contributed by atoms with Crippen molar-refractivity contribution in [2.45, 2.75) is 22.7 Å². The van der Waals surface area contributed by atoms with E-state index in [9.17, 15) is 14.4 Å². The number of thioether (sulfide) groups is 1. The van der Waals surface area contributed by atoms with Crippen LogP contribution in [0.2, 0.25) is 0 Å². The van der Waals surface area contributed by atoms with Crippen molar-refractivity contribution < 1.29 is 23.9 Å². The summed E-state index contributed by atoms with van der Waals surface area (Å²) in [6.45, 7) is 1.90. The Morgan fingerprint density at radius 1 is 0.969 bits per heavy atom. The number of para-hydroxylation sites is 3. The topological polar surface area (TPSA) is 88.2 Å². The standard InChI is InChI=1S/C23H23N3O5S/c27-21(13-20-22(28)24-15-5-1-4-8-19(15)32-20)25-9-11-26(12-10-25)23(29)18-14-30-16-6-2-3-7-17(16)31-18/h1-8,18,20H,9-14H2,(H,24,28)/t18-,20+/m1/s1. The Balaban J connectivity index is 1.14. The largest absolute Gasteiger partial charge is 0.485 e. The van der Waals surface area contributed by atoms with Gasteiger partial charge in [-0.15, -0.1) is 11.8 Å². The molecule has 2 aromatic rings. The van der Waals surface area contributed by atoms with E-state index in [1.54, 1.807) is 15.9 Å². The molecule has 5 rings (SSSR count). The van der Waals surface area contributed by atoms with E-state index in [-0.39, 0.29) is 30.7 Å². The highest BCUT2D eigenvalue weighted by molar-refractivity contribution is 8.01. The Morgan fingerprint density at radius 3 is 2.47 bits per heavy atom. The van der Waals surface area contributed by atoms with Crippen molar-refractivity contribution in [1.29, 1.82) is 0 Å². The van der Waals surface area contributed by atoms with Gasteiger partial charge in [0.2, 0.25) is 17.9 Å². The van der Waals surface area contributed by atoms with Crippen LogP contribution in [-0.4, -0.2) is 71.7 Å². The minimum Gasteiger partial charge on any atom is -0.485 e. The normalized spacial score (nSPS) is 22.1. The van der Waals surface area contributed by atoms with Gasteiger partial charge in [0.05, 0.1) is 10.9 Å². The summed E-state index contributed by atoms with van der Waals surface area (Å²) in [7, 11) is 0. The highest BCUT2D eigenvalue weighted by Gasteiger charge is 2.35. The lowest BCUT2D eigenvalue weighted by atomic mass is 10.2. The number of benzene rings is 2. The second kappa shape index (κ2) is 8.74. The molecular weight excluding hydrogens is 430 g/mol. The summed E-state index contributed by atoms with van der Waals surface area (Å²) in [5.74, 6) is 0.848. The number of hydrogen-bond acceptors (Lipinski definition) is 6. The molecule has 0 radical (unpaired) electrons. The van der Waals surface area contributed by atoms with Crippen LogP contribution in [0.1, 0.15) is 6.42 Å². The molecule has 9 heteroatoms. The molecule has 166 valence electrons. The van der Waals surface area contributed by atoms with Crippen LogP contribution in [0.15, 0.2) is 53.4 Å². The minimum absolute atomic E-state index is 0.0738. The van der Waals surface area contributed by atoms with Crippen molar-refractivity contribution >= 4 is 35.2 Å². The lowest BCUT2D eigenvalue weighted by Crippen LogP contribution is -2.55. The van der Waals surface area contributed by atoms with Gasteiger partial charge in [-0.2, -0.15) is 0 Å². The Bertz CT molecular complexity index is 1050. The fourth-order valence-corrected chi connectivity index (χ4v) is 5.14. The zero-order chi connectivity index (χ0) is 22.1. The van der Waals surface area contributed by atoms with Gasteiger partial charge in [0.1, 0.15) is 6.61 Å². The van der Waals surface area contributed by atoms with E-state index < -0.39 is 11.4 Å². The third-order valence-corrected chi connectivity index (χ3v) is 7.07. The van der Waals surface area contributed by atoms with Crippen molar-refractivity contribution in [3.8, 4) is 11.5 Å². The maximum atomic E-state index is 12.9.